The predicted molar refractivity (Wildman–Crippen MR) is 101 cm³/mol. The van der Waals surface area contributed by atoms with Gasteiger partial charge in [-0.3, -0.25) is 4.79 Å². The summed E-state index contributed by atoms with van der Waals surface area (Å²) < 4.78 is 11.7. The molecule has 0 aromatic carbocycles. The molecule has 1 heterocycles. The molecule has 5 heteroatoms. The van der Waals surface area contributed by atoms with Crippen molar-refractivity contribution in [1.29, 1.82) is 0 Å². The average molecular weight is 322 g/mol. The zero-order valence-corrected chi connectivity index (χ0v) is 17.1. The highest BCUT2D eigenvalue weighted by atomic mass is 16.6. The molecule has 0 N–H and O–H groups in total. The Bertz CT molecular complexity index is 444. The highest BCUT2D eigenvalue weighted by Gasteiger charge is 2.69. The van der Waals surface area contributed by atoms with Crippen LogP contribution >= 0.6 is 0 Å². The van der Waals surface area contributed by atoms with Crippen LogP contribution in [-0.2, 0) is 14.3 Å². The van der Waals surface area contributed by atoms with Crippen LogP contribution in [0.2, 0.25) is 10.6 Å². The molecule has 0 amide bonds. The summed E-state index contributed by atoms with van der Waals surface area (Å²) in [4.78, 5) is 12.9. The molecular weight excluding hydrogens is 286 g/mol. The molecule has 1 unspecified atom stereocenters. The third-order valence-corrected chi connectivity index (χ3v) is 4.75. The first kappa shape index (κ1) is 20.6. The van der Waals surface area contributed by atoms with Crippen molar-refractivity contribution in [2.75, 3.05) is 6.61 Å². The van der Waals surface area contributed by atoms with E-state index in [-0.39, 0.29) is 27.5 Å². The van der Waals surface area contributed by atoms with E-state index in [0.29, 0.717) is 13.0 Å². The number of hydrogen-bond acceptors (Lipinski definition) is 3. The van der Waals surface area contributed by atoms with Gasteiger partial charge in [0, 0.05) is 17.2 Å². The van der Waals surface area contributed by atoms with E-state index in [4.69, 9.17) is 9.47 Å². The van der Waals surface area contributed by atoms with Crippen LogP contribution in [0.5, 0.6) is 0 Å². The molecule has 1 rings (SSSR count). The number of hydrogen-bond donors (Lipinski definition) is 0. The van der Waals surface area contributed by atoms with E-state index in [2.05, 4.69) is 34.6 Å². The lowest BCUT2D eigenvalue weighted by atomic mass is 9.74. The molecule has 1 fully saturated rings. The maximum atomic E-state index is 12.9. The fraction of sp³-hybridized carbons (Fsp3) is 0.944. The molecule has 1 atom stereocenters. The highest BCUT2D eigenvalue weighted by Crippen LogP contribution is 2.73. The number of esters is 1. The third-order valence-electron chi connectivity index (χ3n) is 4.75. The van der Waals surface area contributed by atoms with Crippen LogP contribution in [-0.4, -0.2) is 38.8 Å². The minimum Gasteiger partial charge on any atom is -0.460 e. The van der Waals surface area contributed by atoms with Crippen LogP contribution in [0.4, 0.5) is 0 Å². The molecule has 1 aliphatic heterocycles. The minimum atomic E-state index is -0.494. The summed E-state index contributed by atoms with van der Waals surface area (Å²) in [6.45, 7) is 19.6. The van der Waals surface area contributed by atoms with E-state index in [0.717, 1.165) is 13.7 Å². The summed E-state index contributed by atoms with van der Waals surface area (Å²) in [5.74, 6) is -0.0295. The molecule has 0 aromatic heterocycles. The first-order valence-electron chi connectivity index (χ1n) is 8.87. The first-order chi connectivity index (χ1) is 10.00. The van der Waals surface area contributed by atoms with Crippen molar-refractivity contribution in [3.8, 4) is 0 Å². The second-order valence-electron chi connectivity index (χ2n) is 10.7. The lowest BCUT2D eigenvalue weighted by molar-refractivity contribution is -0.162. The quantitative estimate of drug-likeness (QED) is 0.533. The fourth-order valence-corrected chi connectivity index (χ4v) is 3.34. The molecule has 0 spiro atoms. The number of ether oxygens (including phenoxy) is 2. The molecule has 1 aliphatic rings. The number of rotatable bonds is 7. The molecule has 0 radical (unpaired) electrons. The normalized spacial score (nSPS) is 24.0. The van der Waals surface area contributed by atoms with E-state index in [1.165, 1.54) is 0 Å². The van der Waals surface area contributed by atoms with Gasteiger partial charge >= 0.3 is 5.97 Å². The van der Waals surface area contributed by atoms with Gasteiger partial charge in [0.1, 0.15) is 20.7 Å². The summed E-state index contributed by atoms with van der Waals surface area (Å²) >= 11 is 0. The molecule has 0 bridgehead atoms. The first-order valence-corrected chi connectivity index (χ1v) is 8.87. The van der Waals surface area contributed by atoms with Gasteiger partial charge in [0.2, 0.25) is 0 Å². The zero-order valence-electron chi connectivity index (χ0n) is 17.1. The van der Waals surface area contributed by atoms with Crippen LogP contribution in [0.15, 0.2) is 0 Å². The fourth-order valence-electron chi connectivity index (χ4n) is 3.34. The average Bonchev–Trinajstić information content (AvgIpc) is 2.75. The monoisotopic (exact) mass is 322 g/mol. The van der Waals surface area contributed by atoms with Gasteiger partial charge in [0.05, 0.1) is 6.61 Å². The van der Waals surface area contributed by atoms with Gasteiger partial charge in [0.15, 0.2) is 0 Å². The van der Waals surface area contributed by atoms with Crippen LogP contribution in [0.3, 0.4) is 0 Å². The Morgan fingerprint density at radius 2 is 1.57 bits per heavy atom. The second kappa shape index (κ2) is 6.13. The lowest BCUT2D eigenvalue weighted by Gasteiger charge is -2.33. The molecule has 0 aliphatic carbocycles. The van der Waals surface area contributed by atoms with Crippen molar-refractivity contribution in [2.24, 2.45) is 5.41 Å². The van der Waals surface area contributed by atoms with Crippen molar-refractivity contribution in [3.63, 3.8) is 0 Å². The Labute approximate surface area is 144 Å². The SMILES string of the molecule is BC(C)(C)OCCC(C)(C)OC(=O)C1(CC(C)(C)C)BC1(C)C. The molecular formula is C18H36B2O3. The van der Waals surface area contributed by atoms with E-state index < -0.39 is 5.60 Å². The van der Waals surface area contributed by atoms with E-state index in [1.807, 2.05) is 35.5 Å². The molecule has 23 heavy (non-hydrogen) atoms. The highest BCUT2D eigenvalue weighted by molar-refractivity contribution is 6.66. The Morgan fingerprint density at radius 1 is 1.09 bits per heavy atom. The van der Waals surface area contributed by atoms with Crippen LogP contribution in [0.25, 0.3) is 0 Å². The van der Waals surface area contributed by atoms with Crippen molar-refractivity contribution in [2.45, 2.75) is 96.9 Å². The molecule has 0 aromatic rings. The maximum absolute atomic E-state index is 12.9. The van der Waals surface area contributed by atoms with E-state index >= 15 is 0 Å². The molecule has 132 valence electrons. The van der Waals surface area contributed by atoms with Gasteiger partial charge in [-0.2, -0.15) is 0 Å². The minimum absolute atomic E-state index is 0.0295. The van der Waals surface area contributed by atoms with Crippen LogP contribution < -0.4 is 0 Å². The Hall–Kier alpha value is -0.440. The molecule has 0 saturated carbocycles. The van der Waals surface area contributed by atoms with Crippen LogP contribution in [0, 0.1) is 5.41 Å². The van der Waals surface area contributed by atoms with Gasteiger partial charge in [-0.25, -0.2) is 0 Å². The lowest BCUT2D eigenvalue weighted by Crippen LogP contribution is -2.35. The van der Waals surface area contributed by atoms with Crippen LogP contribution in [0.1, 0.15) is 75.2 Å². The van der Waals surface area contributed by atoms with Gasteiger partial charge in [-0.15, -0.1) is 0 Å². The summed E-state index contributed by atoms with van der Waals surface area (Å²) in [7, 11) is 2.96. The Morgan fingerprint density at radius 3 is 1.91 bits per heavy atom. The van der Waals surface area contributed by atoms with E-state index in [1.54, 1.807) is 0 Å². The smallest absolute Gasteiger partial charge is 0.304 e. The third kappa shape index (κ3) is 5.85. The summed E-state index contributed by atoms with van der Waals surface area (Å²) in [5.41, 5.74) is -0.538. The zero-order chi connectivity index (χ0) is 18.3. The largest absolute Gasteiger partial charge is 0.460 e. The van der Waals surface area contributed by atoms with Gasteiger partial charge in [-0.05, 0) is 44.8 Å². The maximum Gasteiger partial charge on any atom is 0.304 e. The summed E-state index contributed by atoms with van der Waals surface area (Å²) in [5, 5.41) is -0.289. The van der Waals surface area contributed by atoms with Gasteiger partial charge in [0.25, 0.3) is 0 Å². The Kier molecular flexibility index (Phi) is 5.49. The van der Waals surface area contributed by atoms with Crippen molar-refractivity contribution < 1.29 is 14.3 Å². The summed E-state index contributed by atoms with van der Waals surface area (Å²) in [6, 6.07) is 0. The molecule has 1 saturated heterocycles. The standard InChI is InChI=1S/C18H36B2O3/c1-14(2,3)12-18(16(6,7)20-18)13(21)23-15(4,5)10-11-22-17(8,9)19/h20H,10-12,19H2,1-9H3. The van der Waals surface area contributed by atoms with Crippen molar-refractivity contribution in [3.05, 3.63) is 0 Å². The van der Waals surface area contributed by atoms with E-state index in [9.17, 15) is 4.79 Å². The molecule has 3 nitrogen and oxygen atoms in total. The number of carbonyl (C=O) groups is 1. The van der Waals surface area contributed by atoms with Crippen molar-refractivity contribution in [1.82, 2.24) is 0 Å². The summed E-state index contributed by atoms with van der Waals surface area (Å²) in [6.07, 6.45) is 1.59. The predicted octanol–water partition coefficient (Wildman–Crippen LogP) is 3.33. The number of carbonyl (C=O) groups excluding carboxylic acids is 1. The van der Waals surface area contributed by atoms with Gasteiger partial charge < -0.3 is 9.47 Å². The topological polar surface area (TPSA) is 35.5 Å². The van der Waals surface area contributed by atoms with Crippen molar-refractivity contribution >= 4 is 21.1 Å². The Balaban J connectivity index is 2.69. The second-order valence-corrected chi connectivity index (χ2v) is 10.7. The van der Waals surface area contributed by atoms with Gasteiger partial charge in [-0.1, -0.05) is 34.6 Å².